The molecular weight excluding hydrogens is 397 g/mol. The maximum atomic E-state index is 13.5. The Balaban J connectivity index is 1.61. The fraction of sp³-hybridized carbons (Fsp3) is 0.450. The van der Waals surface area contributed by atoms with Crippen molar-refractivity contribution in [3.63, 3.8) is 0 Å². The van der Waals surface area contributed by atoms with Crippen LogP contribution in [-0.4, -0.2) is 39.9 Å². The summed E-state index contributed by atoms with van der Waals surface area (Å²) < 4.78 is 40.5. The highest BCUT2D eigenvalue weighted by Crippen LogP contribution is 2.36. The molecule has 1 aliphatic heterocycles. The number of rotatable bonds is 4. The number of fused-ring (bicyclic) bond motifs is 1. The molecule has 1 fully saturated rings. The topological polar surface area (TPSA) is 96.2 Å². The van der Waals surface area contributed by atoms with Crippen LogP contribution in [0.3, 0.4) is 0 Å². The molecule has 1 unspecified atom stereocenters. The van der Waals surface area contributed by atoms with E-state index in [1.165, 1.54) is 4.90 Å². The summed E-state index contributed by atoms with van der Waals surface area (Å²) in [5, 5.41) is 5.93. The standard InChI is InChI=1S/C20H23F3N6O/c1-29-17(13-4-2-3-5-14(13)18(29)30)28-19-25-10-15(20(21,22)23)16(27-19)26-12-8-6-11(24)7-9-12/h2-5,10-12,17H,6-9,24H2,1H3,(H2,25,26,27,28). The van der Waals surface area contributed by atoms with Crippen molar-refractivity contribution in [2.24, 2.45) is 5.73 Å². The SMILES string of the molecule is CN1C(=O)c2ccccc2C1Nc1ncc(C(F)(F)F)c(NC2CCC(N)CC2)n1. The first-order chi connectivity index (χ1) is 14.2. The van der Waals surface area contributed by atoms with Crippen molar-refractivity contribution >= 4 is 17.7 Å². The summed E-state index contributed by atoms with van der Waals surface area (Å²) in [7, 11) is 1.62. The van der Waals surface area contributed by atoms with Crippen LogP contribution in [0.4, 0.5) is 24.9 Å². The largest absolute Gasteiger partial charge is 0.421 e. The number of nitrogens with zero attached hydrogens (tertiary/aromatic N) is 3. The van der Waals surface area contributed by atoms with Gasteiger partial charge < -0.3 is 21.3 Å². The molecular formula is C20H23F3N6O. The number of hydrogen-bond acceptors (Lipinski definition) is 6. The van der Waals surface area contributed by atoms with E-state index in [9.17, 15) is 18.0 Å². The summed E-state index contributed by atoms with van der Waals surface area (Å²) >= 11 is 0. The second-order valence-corrected chi connectivity index (χ2v) is 7.76. The first-order valence-corrected chi connectivity index (χ1v) is 9.83. The number of nitrogens with one attached hydrogen (secondary N) is 2. The number of alkyl halides is 3. The molecule has 4 rings (SSSR count). The van der Waals surface area contributed by atoms with E-state index >= 15 is 0 Å². The molecule has 2 heterocycles. The zero-order valence-corrected chi connectivity index (χ0v) is 16.4. The minimum absolute atomic E-state index is 0.0133. The molecule has 1 aromatic heterocycles. The van der Waals surface area contributed by atoms with Crippen molar-refractivity contribution in [3.05, 3.63) is 47.2 Å². The molecule has 1 atom stereocenters. The van der Waals surface area contributed by atoms with Crippen LogP contribution >= 0.6 is 0 Å². The van der Waals surface area contributed by atoms with Crippen LogP contribution in [0.15, 0.2) is 30.5 Å². The van der Waals surface area contributed by atoms with Crippen molar-refractivity contribution in [1.82, 2.24) is 14.9 Å². The van der Waals surface area contributed by atoms with Crippen LogP contribution in [0.1, 0.15) is 53.3 Å². The van der Waals surface area contributed by atoms with Crippen molar-refractivity contribution in [2.45, 2.75) is 50.1 Å². The molecule has 30 heavy (non-hydrogen) atoms. The van der Waals surface area contributed by atoms with E-state index < -0.39 is 17.9 Å². The Hall–Kier alpha value is -2.88. The highest BCUT2D eigenvalue weighted by Gasteiger charge is 2.37. The minimum Gasteiger partial charge on any atom is -0.367 e. The van der Waals surface area contributed by atoms with Crippen LogP contribution in [-0.2, 0) is 6.18 Å². The minimum atomic E-state index is -4.58. The molecule has 7 nitrogen and oxygen atoms in total. The number of amides is 1. The number of halogens is 3. The summed E-state index contributed by atoms with van der Waals surface area (Å²) in [5.74, 6) is -0.424. The third-order valence-corrected chi connectivity index (χ3v) is 5.67. The Morgan fingerprint density at radius 3 is 2.53 bits per heavy atom. The fourth-order valence-electron chi connectivity index (χ4n) is 3.97. The van der Waals surface area contributed by atoms with Crippen molar-refractivity contribution < 1.29 is 18.0 Å². The quantitative estimate of drug-likeness (QED) is 0.702. The number of hydrogen-bond donors (Lipinski definition) is 3. The lowest BCUT2D eigenvalue weighted by Gasteiger charge is -2.28. The van der Waals surface area contributed by atoms with Gasteiger partial charge in [-0.25, -0.2) is 4.98 Å². The van der Waals surface area contributed by atoms with Gasteiger partial charge in [-0.05, 0) is 31.7 Å². The van der Waals surface area contributed by atoms with E-state index in [4.69, 9.17) is 5.73 Å². The molecule has 4 N–H and O–H groups in total. The predicted octanol–water partition coefficient (Wildman–Crippen LogP) is 3.37. The summed E-state index contributed by atoms with van der Waals surface area (Å²) in [6, 6.07) is 7.02. The lowest BCUT2D eigenvalue weighted by Crippen LogP contribution is -2.34. The highest BCUT2D eigenvalue weighted by atomic mass is 19.4. The van der Waals surface area contributed by atoms with Gasteiger partial charge in [-0.2, -0.15) is 18.2 Å². The van der Waals surface area contributed by atoms with Crippen molar-refractivity contribution in [1.29, 1.82) is 0 Å². The Kier molecular flexibility index (Phi) is 5.27. The monoisotopic (exact) mass is 420 g/mol. The summed E-state index contributed by atoms with van der Waals surface area (Å²) in [5.41, 5.74) is 6.24. The molecule has 160 valence electrons. The van der Waals surface area contributed by atoms with Crippen LogP contribution in [0.5, 0.6) is 0 Å². The van der Waals surface area contributed by atoms with Gasteiger partial charge in [0.05, 0.1) is 0 Å². The lowest BCUT2D eigenvalue weighted by molar-refractivity contribution is -0.137. The van der Waals surface area contributed by atoms with Crippen molar-refractivity contribution in [2.75, 3.05) is 17.7 Å². The molecule has 1 amide bonds. The Morgan fingerprint density at radius 2 is 1.83 bits per heavy atom. The Labute approximate surface area is 171 Å². The zero-order valence-electron chi connectivity index (χ0n) is 16.4. The third kappa shape index (κ3) is 3.91. The fourth-order valence-corrected chi connectivity index (χ4v) is 3.97. The lowest BCUT2D eigenvalue weighted by atomic mass is 9.92. The number of aromatic nitrogens is 2. The molecule has 2 aromatic rings. The van der Waals surface area contributed by atoms with Gasteiger partial charge in [-0.15, -0.1) is 0 Å². The molecule has 1 saturated carbocycles. The average molecular weight is 420 g/mol. The Bertz CT molecular complexity index is 942. The molecule has 1 aliphatic carbocycles. The van der Waals surface area contributed by atoms with Gasteiger partial charge in [-0.1, -0.05) is 18.2 Å². The molecule has 1 aromatic carbocycles. The van der Waals surface area contributed by atoms with Crippen LogP contribution in [0, 0.1) is 0 Å². The second kappa shape index (κ2) is 7.75. The van der Waals surface area contributed by atoms with Crippen LogP contribution < -0.4 is 16.4 Å². The van der Waals surface area contributed by atoms with Gasteiger partial charge >= 0.3 is 6.18 Å². The molecule has 2 aliphatic rings. The highest BCUT2D eigenvalue weighted by molar-refractivity contribution is 5.99. The van der Waals surface area contributed by atoms with E-state index in [1.807, 2.05) is 0 Å². The van der Waals surface area contributed by atoms with E-state index in [0.29, 0.717) is 18.4 Å². The predicted molar refractivity (Wildman–Crippen MR) is 106 cm³/mol. The maximum absolute atomic E-state index is 13.5. The summed E-state index contributed by atoms with van der Waals surface area (Å²) in [4.78, 5) is 21.9. The number of nitrogens with two attached hydrogens (primary N) is 1. The summed E-state index contributed by atoms with van der Waals surface area (Å²) in [6.07, 6.45) is -1.52. The van der Waals surface area contributed by atoms with Gasteiger partial charge in [0, 0.05) is 36.5 Å². The van der Waals surface area contributed by atoms with E-state index in [1.54, 1.807) is 31.3 Å². The molecule has 0 spiro atoms. The first kappa shape index (κ1) is 20.4. The molecule has 0 radical (unpaired) electrons. The van der Waals surface area contributed by atoms with Crippen molar-refractivity contribution in [3.8, 4) is 0 Å². The van der Waals surface area contributed by atoms with Gasteiger partial charge in [0.1, 0.15) is 17.5 Å². The van der Waals surface area contributed by atoms with E-state index in [-0.39, 0.29) is 29.8 Å². The smallest absolute Gasteiger partial charge is 0.367 e. The molecule has 0 saturated heterocycles. The number of carbonyl (C=O) groups is 1. The Morgan fingerprint density at radius 1 is 1.13 bits per heavy atom. The number of carbonyl (C=O) groups excluding carboxylic acids is 1. The number of anilines is 2. The van der Waals surface area contributed by atoms with Gasteiger partial charge in [0.15, 0.2) is 0 Å². The first-order valence-electron chi connectivity index (χ1n) is 9.83. The number of benzene rings is 1. The average Bonchev–Trinajstić information content (AvgIpc) is 2.94. The van der Waals surface area contributed by atoms with E-state index in [0.717, 1.165) is 24.6 Å². The van der Waals surface area contributed by atoms with Crippen LogP contribution in [0.2, 0.25) is 0 Å². The van der Waals surface area contributed by atoms with Gasteiger partial charge in [-0.3, -0.25) is 4.79 Å². The summed E-state index contributed by atoms with van der Waals surface area (Å²) in [6.45, 7) is 0. The normalized spacial score (nSPS) is 24.0. The van der Waals surface area contributed by atoms with Crippen LogP contribution in [0.25, 0.3) is 0 Å². The molecule has 10 heteroatoms. The third-order valence-electron chi connectivity index (χ3n) is 5.67. The second-order valence-electron chi connectivity index (χ2n) is 7.76. The maximum Gasteiger partial charge on any atom is 0.421 e. The zero-order chi connectivity index (χ0) is 21.5. The molecule has 0 bridgehead atoms. The van der Waals surface area contributed by atoms with E-state index in [2.05, 4.69) is 20.6 Å². The van der Waals surface area contributed by atoms with Gasteiger partial charge in [0.2, 0.25) is 5.95 Å². The van der Waals surface area contributed by atoms with Gasteiger partial charge in [0.25, 0.3) is 5.91 Å².